The molecule has 0 saturated carbocycles. The standard InChI is InChI=1S/C12H15NO/c14-12-9-13-8-11(12)7-6-10-4-2-1-3-5-10/h1-7,11-14H,8-9H2/b7-6+/t11?,12-/m0/s1. The van der Waals surface area contributed by atoms with Crippen molar-refractivity contribution in [1.29, 1.82) is 0 Å². The molecule has 2 nitrogen and oxygen atoms in total. The van der Waals surface area contributed by atoms with Crippen LogP contribution < -0.4 is 5.32 Å². The van der Waals surface area contributed by atoms with Gasteiger partial charge in [-0.05, 0) is 5.56 Å². The minimum Gasteiger partial charge on any atom is -0.391 e. The van der Waals surface area contributed by atoms with E-state index in [-0.39, 0.29) is 12.0 Å². The average molecular weight is 189 g/mol. The molecule has 0 aromatic heterocycles. The van der Waals surface area contributed by atoms with Gasteiger partial charge in [-0.2, -0.15) is 0 Å². The van der Waals surface area contributed by atoms with Gasteiger partial charge in [-0.3, -0.25) is 0 Å². The highest BCUT2D eigenvalue weighted by Crippen LogP contribution is 2.12. The first-order chi connectivity index (χ1) is 6.86. The van der Waals surface area contributed by atoms with Crippen LogP contribution in [0.4, 0.5) is 0 Å². The highest BCUT2D eigenvalue weighted by molar-refractivity contribution is 5.49. The molecule has 0 bridgehead atoms. The highest BCUT2D eigenvalue weighted by atomic mass is 16.3. The summed E-state index contributed by atoms with van der Waals surface area (Å²) in [4.78, 5) is 0. The van der Waals surface area contributed by atoms with Crippen molar-refractivity contribution in [3.05, 3.63) is 42.0 Å². The smallest absolute Gasteiger partial charge is 0.0739 e. The molecule has 1 fully saturated rings. The Hall–Kier alpha value is -1.12. The number of nitrogens with one attached hydrogen (secondary N) is 1. The zero-order valence-electron chi connectivity index (χ0n) is 8.06. The van der Waals surface area contributed by atoms with E-state index in [1.54, 1.807) is 0 Å². The number of aliphatic hydroxyl groups excluding tert-OH is 1. The number of hydrogen-bond acceptors (Lipinski definition) is 2. The third-order valence-corrected chi connectivity index (χ3v) is 2.56. The molecule has 0 radical (unpaired) electrons. The largest absolute Gasteiger partial charge is 0.391 e. The van der Waals surface area contributed by atoms with E-state index in [0.29, 0.717) is 6.54 Å². The molecule has 2 heteroatoms. The number of β-amino-alcohol motifs (C(OH)–C–C–N with tert-alkyl or cyclic N) is 1. The lowest BCUT2D eigenvalue weighted by Crippen LogP contribution is -2.15. The lowest BCUT2D eigenvalue weighted by molar-refractivity contribution is 0.168. The second-order valence-electron chi connectivity index (χ2n) is 3.66. The molecule has 1 heterocycles. The summed E-state index contributed by atoms with van der Waals surface area (Å²) in [5.74, 6) is 0.259. The fourth-order valence-corrected chi connectivity index (χ4v) is 1.68. The van der Waals surface area contributed by atoms with Crippen molar-refractivity contribution in [3.8, 4) is 0 Å². The SMILES string of the molecule is O[C@H]1CNCC1/C=C/c1ccccc1. The summed E-state index contributed by atoms with van der Waals surface area (Å²) in [6.07, 6.45) is 3.93. The van der Waals surface area contributed by atoms with Gasteiger partial charge >= 0.3 is 0 Å². The fraction of sp³-hybridized carbons (Fsp3) is 0.333. The molecular formula is C12H15NO. The van der Waals surface area contributed by atoms with E-state index in [1.807, 2.05) is 18.2 Å². The molecule has 74 valence electrons. The molecule has 1 aliphatic heterocycles. The Morgan fingerprint density at radius 2 is 2.00 bits per heavy atom. The Balaban J connectivity index is 2.00. The summed E-state index contributed by atoms with van der Waals surface area (Å²) in [6, 6.07) is 10.2. The topological polar surface area (TPSA) is 32.3 Å². The van der Waals surface area contributed by atoms with E-state index in [9.17, 15) is 5.11 Å². The Labute approximate surface area is 84.3 Å². The molecule has 2 atom stereocenters. The Morgan fingerprint density at radius 1 is 1.21 bits per heavy atom. The molecule has 1 aromatic carbocycles. The zero-order valence-corrected chi connectivity index (χ0v) is 8.06. The second kappa shape index (κ2) is 4.40. The summed E-state index contributed by atoms with van der Waals surface area (Å²) >= 11 is 0. The van der Waals surface area contributed by atoms with Crippen LogP contribution in [0.3, 0.4) is 0 Å². The molecule has 1 aliphatic rings. The maximum atomic E-state index is 9.55. The van der Waals surface area contributed by atoms with Crippen LogP contribution in [0.2, 0.25) is 0 Å². The van der Waals surface area contributed by atoms with Crippen molar-refractivity contribution < 1.29 is 5.11 Å². The fourth-order valence-electron chi connectivity index (χ4n) is 1.68. The van der Waals surface area contributed by atoms with E-state index in [4.69, 9.17) is 0 Å². The van der Waals surface area contributed by atoms with E-state index < -0.39 is 0 Å². The van der Waals surface area contributed by atoms with E-state index in [1.165, 1.54) is 5.56 Å². The van der Waals surface area contributed by atoms with Crippen molar-refractivity contribution in [2.24, 2.45) is 5.92 Å². The maximum absolute atomic E-state index is 9.55. The molecule has 0 spiro atoms. The molecule has 0 aliphatic carbocycles. The van der Waals surface area contributed by atoms with Crippen LogP contribution in [-0.4, -0.2) is 24.3 Å². The Kier molecular flexibility index (Phi) is 2.96. The third kappa shape index (κ3) is 2.22. The molecular weight excluding hydrogens is 174 g/mol. The van der Waals surface area contributed by atoms with Gasteiger partial charge in [0.15, 0.2) is 0 Å². The van der Waals surface area contributed by atoms with Gasteiger partial charge in [0.25, 0.3) is 0 Å². The first-order valence-electron chi connectivity index (χ1n) is 4.98. The van der Waals surface area contributed by atoms with Crippen LogP contribution in [0.15, 0.2) is 36.4 Å². The summed E-state index contributed by atoms with van der Waals surface area (Å²) < 4.78 is 0. The van der Waals surface area contributed by atoms with Crippen molar-refractivity contribution >= 4 is 6.08 Å². The molecule has 2 rings (SSSR count). The van der Waals surface area contributed by atoms with Gasteiger partial charge in [0.2, 0.25) is 0 Å². The summed E-state index contributed by atoms with van der Waals surface area (Å²) in [5.41, 5.74) is 1.19. The number of rotatable bonds is 2. The number of aliphatic hydroxyl groups is 1. The molecule has 1 saturated heterocycles. The van der Waals surface area contributed by atoms with E-state index in [0.717, 1.165) is 6.54 Å². The quantitative estimate of drug-likeness (QED) is 0.734. The molecule has 0 amide bonds. The van der Waals surface area contributed by atoms with Gasteiger partial charge in [0.05, 0.1) is 6.10 Å². The number of hydrogen-bond donors (Lipinski definition) is 2. The highest BCUT2D eigenvalue weighted by Gasteiger charge is 2.21. The minimum atomic E-state index is -0.227. The Bertz CT molecular complexity index is 307. The monoisotopic (exact) mass is 189 g/mol. The normalized spacial score (nSPS) is 27.2. The van der Waals surface area contributed by atoms with Gasteiger partial charge in [-0.1, -0.05) is 42.5 Å². The molecule has 1 aromatic rings. The molecule has 2 N–H and O–H groups in total. The van der Waals surface area contributed by atoms with Crippen LogP contribution in [0.25, 0.3) is 6.08 Å². The van der Waals surface area contributed by atoms with Crippen molar-refractivity contribution in [3.63, 3.8) is 0 Å². The van der Waals surface area contributed by atoms with E-state index in [2.05, 4.69) is 29.6 Å². The third-order valence-electron chi connectivity index (χ3n) is 2.56. The minimum absolute atomic E-state index is 0.227. The predicted molar refractivity (Wildman–Crippen MR) is 57.8 cm³/mol. The summed E-state index contributed by atoms with van der Waals surface area (Å²) in [5, 5.41) is 12.7. The average Bonchev–Trinajstić information content (AvgIpc) is 2.63. The van der Waals surface area contributed by atoms with E-state index >= 15 is 0 Å². The van der Waals surface area contributed by atoms with Crippen LogP contribution in [0, 0.1) is 5.92 Å². The van der Waals surface area contributed by atoms with Crippen molar-refractivity contribution in [2.45, 2.75) is 6.10 Å². The van der Waals surface area contributed by atoms with Crippen LogP contribution >= 0.6 is 0 Å². The van der Waals surface area contributed by atoms with Crippen LogP contribution in [0.5, 0.6) is 0 Å². The van der Waals surface area contributed by atoms with Crippen molar-refractivity contribution in [2.75, 3.05) is 13.1 Å². The van der Waals surface area contributed by atoms with Crippen LogP contribution in [-0.2, 0) is 0 Å². The van der Waals surface area contributed by atoms with Gasteiger partial charge in [0.1, 0.15) is 0 Å². The maximum Gasteiger partial charge on any atom is 0.0739 e. The van der Waals surface area contributed by atoms with Gasteiger partial charge < -0.3 is 10.4 Å². The van der Waals surface area contributed by atoms with Crippen LogP contribution in [0.1, 0.15) is 5.56 Å². The van der Waals surface area contributed by atoms with Crippen molar-refractivity contribution in [1.82, 2.24) is 5.32 Å². The molecule has 1 unspecified atom stereocenters. The molecule has 14 heavy (non-hydrogen) atoms. The number of benzene rings is 1. The van der Waals surface area contributed by atoms with Gasteiger partial charge in [0, 0.05) is 19.0 Å². The predicted octanol–water partition coefficient (Wildman–Crippen LogP) is 1.28. The lowest BCUT2D eigenvalue weighted by atomic mass is 10.0. The summed E-state index contributed by atoms with van der Waals surface area (Å²) in [6.45, 7) is 1.59. The van der Waals surface area contributed by atoms with Gasteiger partial charge in [-0.15, -0.1) is 0 Å². The first kappa shape index (κ1) is 9.44. The first-order valence-corrected chi connectivity index (χ1v) is 4.98. The van der Waals surface area contributed by atoms with Gasteiger partial charge in [-0.25, -0.2) is 0 Å². The summed E-state index contributed by atoms with van der Waals surface area (Å²) in [7, 11) is 0. The zero-order chi connectivity index (χ0) is 9.80. The lowest BCUT2D eigenvalue weighted by Gasteiger charge is -2.06. The Morgan fingerprint density at radius 3 is 2.64 bits per heavy atom. The second-order valence-corrected chi connectivity index (χ2v) is 3.66.